The summed E-state index contributed by atoms with van der Waals surface area (Å²) in [5.74, 6) is 0. The highest BCUT2D eigenvalue weighted by atomic mass is 16.7. The minimum Gasteiger partial charge on any atom is -0.370 e. The van der Waals surface area contributed by atoms with E-state index in [1.54, 1.807) is 0 Å². The van der Waals surface area contributed by atoms with Gasteiger partial charge in [0, 0.05) is 0 Å². The Balaban J connectivity index is 1.79. The Morgan fingerprint density at radius 3 is 2.75 bits per heavy atom. The van der Waals surface area contributed by atoms with Crippen LogP contribution in [0.5, 0.6) is 0 Å². The van der Waals surface area contributed by atoms with Gasteiger partial charge in [-0.25, -0.2) is 0 Å². The molecule has 3 atom stereocenters. The van der Waals surface area contributed by atoms with E-state index in [1.165, 1.54) is 0 Å². The van der Waals surface area contributed by atoms with Gasteiger partial charge in [0.25, 0.3) is 0 Å². The molecule has 2 nitrogen and oxygen atoms in total. The zero-order valence-electron chi connectivity index (χ0n) is 4.67. The highest BCUT2D eigenvalue weighted by molar-refractivity contribution is 4.96. The standard InChI is InChI=1S/C6H9O2/c1-2-4-6(8-4)5-3-7-5/h4-6H,1-3H2. The molecular weight excluding hydrogens is 104 g/mol. The molecule has 0 bridgehead atoms. The first-order valence-electron chi connectivity index (χ1n) is 2.98. The number of epoxide rings is 2. The van der Waals surface area contributed by atoms with Gasteiger partial charge in [-0.3, -0.25) is 0 Å². The number of hydrogen-bond donors (Lipinski definition) is 0. The van der Waals surface area contributed by atoms with Crippen LogP contribution in [0.1, 0.15) is 6.42 Å². The molecule has 2 saturated heterocycles. The summed E-state index contributed by atoms with van der Waals surface area (Å²) in [6, 6.07) is 0. The van der Waals surface area contributed by atoms with E-state index in [9.17, 15) is 0 Å². The molecule has 2 aliphatic heterocycles. The van der Waals surface area contributed by atoms with Gasteiger partial charge in [-0.1, -0.05) is 6.92 Å². The fourth-order valence-electron chi connectivity index (χ4n) is 0.961. The maximum absolute atomic E-state index is 5.20. The Hall–Kier alpha value is -0.0800. The first-order chi connectivity index (χ1) is 3.92. The maximum Gasteiger partial charge on any atom is 0.112 e. The second-order valence-corrected chi connectivity index (χ2v) is 2.30. The van der Waals surface area contributed by atoms with Crippen LogP contribution in [0.2, 0.25) is 0 Å². The third-order valence-electron chi connectivity index (χ3n) is 1.63. The van der Waals surface area contributed by atoms with Crippen LogP contribution in [0.25, 0.3) is 0 Å². The van der Waals surface area contributed by atoms with E-state index in [2.05, 4.69) is 6.92 Å². The molecule has 2 heterocycles. The van der Waals surface area contributed by atoms with E-state index in [-0.39, 0.29) is 0 Å². The maximum atomic E-state index is 5.20. The number of hydrogen-bond acceptors (Lipinski definition) is 2. The van der Waals surface area contributed by atoms with E-state index < -0.39 is 0 Å². The van der Waals surface area contributed by atoms with Crippen molar-refractivity contribution < 1.29 is 9.47 Å². The zero-order valence-corrected chi connectivity index (χ0v) is 4.67. The van der Waals surface area contributed by atoms with Crippen LogP contribution in [-0.2, 0) is 9.47 Å². The van der Waals surface area contributed by atoms with Crippen molar-refractivity contribution in [3.05, 3.63) is 6.92 Å². The van der Waals surface area contributed by atoms with Crippen molar-refractivity contribution in [2.24, 2.45) is 0 Å². The van der Waals surface area contributed by atoms with Crippen LogP contribution in [0.3, 0.4) is 0 Å². The molecule has 0 N–H and O–H groups in total. The molecule has 0 spiro atoms. The summed E-state index contributed by atoms with van der Waals surface area (Å²) < 4.78 is 10.2. The molecule has 0 aromatic heterocycles. The van der Waals surface area contributed by atoms with E-state index in [0.717, 1.165) is 13.0 Å². The van der Waals surface area contributed by atoms with Crippen molar-refractivity contribution in [2.75, 3.05) is 6.61 Å². The third-order valence-corrected chi connectivity index (χ3v) is 1.63. The van der Waals surface area contributed by atoms with Gasteiger partial charge in [0.1, 0.15) is 12.2 Å². The average molecular weight is 113 g/mol. The third kappa shape index (κ3) is 0.644. The fraction of sp³-hybridized carbons (Fsp3) is 0.833. The van der Waals surface area contributed by atoms with Crippen molar-refractivity contribution >= 4 is 0 Å². The highest BCUT2D eigenvalue weighted by Crippen LogP contribution is 2.34. The second-order valence-electron chi connectivity index (χ2n) is 2.30. The zero-order chi connectivity index (χ0) is 5.56. The van der Waals surface area contributed by atoms with Crippen molar-refractivity contribution in [3.8, 4) is 0 Å². The largest absolute Gasteiger partial charge is 0.370 e. The smallest absolute Gasteiger partial charge is 0.112 e. The Morgan fingerprint density at radius 2 is 2.38 bits per heavy atom. The second kappa shape index (κ2) is 1.45. The van der Waals surface area contributed by atoms with Crippen molar-refractivity contribution in [1.82, 2.24) is 0 Å². The minimum absolute atomic E-state index is 0.410. The lowest BCUT2D eigenvalue weighted by Gasteiger charge is -1.78. The molecule has 0 amide bonds. The van der Waals surface area contributed by atoms with E-state index >= 15 is 0 Å². The normalized spacial score (nSPS) is 51.4. The lowest BCUT2D eigenvalue weighted by atomic mass is 10.2. The SMILES string of the molecule is [CH2]CC1OC1C1CO1. The molecule has 0 aromatic rings. The van der Waals surface area contributed by atoms with Crippen LogP contribution in [-0.4, -0.2) is 24.9 Å². The predicted octanol–water partition coefficient (Wildman–Crippen LogP) is 0.377. The fourth-order valence-corrected chi connectivity index (χ4v) is 0.961. The van der Waals surface area contributed by atoms with Crippen molar-refractivity contribution in [2.45, 2.75) is 24.7 Å². The monoisotopic (exact) mass is 113 g/mol. The van der Waals surface area contributed by atoms with E-state index in [4.69, 9.17) is 9.47 Å². The van der Waals surface area contributed by atoms with Gasteiger partial charge in [-0.2, -0.15) is 0 Å². The average Bonchev–Trinajstić information content (AvgIpc) is 2.62. The lowest BCUT2D eigenvalue weighted by Crippen LogP contribution is -1.99. The molecule has 2 heteroatoms. The molecule has 2 aliphatic rings. The molecule has 45 valence electrons. The van der Waals surface area contributed by atoms with Crippen molar-refractivity contribution in [3.63, 3.8) is 0 Å². The van der Waals surface area contributed by atoms with Gasteiger partial charge in [0.05, 0.1) is 12.7 Å². The van der Waals surface area contributed by atoms with Crippen LogP contribution >= 0.6 is 0 Å². The molecule has 0 aliphatic carbocycles. The quantitative estimate of drug-likeness (QED) is 0.483. The predicted molar refractivity (Wildman–Crippen MR) is 28.4 cm³/mol. The minimum atomic E-state index is 0.410. The molecule has 2 fully saturated rings. The molecule has 1 radical (unpaired) electrons. The Bertz CT molecular complexity index is 98.7. The van der Waals surface area contributed by atoms with Crippen LogP contribution in [0, 0.1) is 6.92 Å². The van der Waals surface area contributed by atoms with Gasteiger partial charge >= 0.3 is 0 Å². The van der Waals surface area contributed by atoms with Gasteiger partial charge in [-0.15, -0.1) is 0 Å². The first kappa shape index (κ1) is 4.77. The van der Waals surface area contributed by atoms with Crippen LogP contribution in [0.4, 0.5) is 0 Å². The summed E-state index contributed by atoms with van der Waals surface area (Å²) >= 11 is 0. The van der Waals surface area contributed by atoms with E-state index in [0.29, 0.717) is 18.3 Å². The Labute approximate surface area is 48.8 Å². The summed E-state index contributed by atoms with van der Waals surface area (Å²) in [6.45, 7) is 4.63. The van der Waals surface area contributed by atoms with E-state index in [1.807, 2.05) is 0 Å². The number of ether oxygens (including phenoxy) is 2. The molecule has 0 saturated carbocycles. The Morgan fingerprint density at radius 1 is 1.62 bits per heavy atom. The molecule has 2 rings (SSSR count). The topological polar surface area (TPSA) is 25.1 Å². The summed E-state index contributed by atoms with van der Waals surface area (Å²) in [6.07, 6.45) is 2.15. The highest BCUT2D eigenvalue weighted by Gasteiger charge is 2.49. The molecular formula is C6H9O2. The lowest BCUT2D eigenvalue weighted by molar-refractivity contribution is 0.315. The molecule has 3 unspecified atom stereocenters. The molecule has 0 aromatic carbocycles. The van der Waals surface area contributed by atoms with Gasteiger partial charge in [-0.05, 0) is 6.42 Å². The number of rotatable bonds is 2. The summed E-state index contributed by atoms with van der Waals surface area (Å²) in [5, 5.41) is 0. The van der Waals surface area contributed by atoms with Gasteiger partial charge in [0.15, 0.2) is 0 Å². The summed E-state index contributed by atoms with van der Waals surface area (Å²) in [7, 11) is 0. The van der Waals surface area contributed by atoms with Gasteiger partial charge < -0.3 is 9.47 Å². The van der Waals surface area contributed by atoms with Gasteiger partial charge in [0.2, 0.25) is 0 Å². The van der Waals surface area contributed by atoms with Crippen LogP contribution in [0.15, 0.2) is 0 Å². The van der Waals surface area contributed by atoms with Crippen molar-refractivity contribution in [1.29, 1.82) is 0 Å². The summed E-state index contributed by atoms with van der Waals surface area (Å²) in [4.78, 5) is 0. The summed E-state index contributed by atoms with van der Waals surface area (Å²) in [5.41, 5.74) is 0. The Kier molecular flexibility index (Phi) is 0.866. The molecule has 8 heavy (non-hydrogen) atoms. The first-order valence-corrected chi connectivity index (χ1v) is 2.98. The van der Waals surface area contributed by atoms with Crippen LogP contribution < -0.4 is 0 Å².